The molecule has 0 atom stereocenters. The molecule has 150 valence electrons. The first-order valence-corrected chi connectivity index (χ1v) is 9.72. The normalized spacial score (nSPS) is 11.0. The van der Waals surface area contributed by atoms with Crippen LogP contribution in [-0.4, -0.2) is 50.5 Å². The Bertz CT molecular complexity index is 741. The molecule has 3 N–H and O–H groups in total. The van der Waals surface area contributed by atoms with Crippen LogP contribution < -0.4 is 16.0 Å². The molecular weight excluding hydrogens is 350 g/mol. The molecule has 2 aromatic rings. The van der Waals surface area contributed by atoms with E-state index in [-0.39, 0.29) is 5.91 Å². The van der Waals surface area contributed by atoms with E-state index in [1.54, 1.807) is 19.0 Å². The number of benzene rings is 2. The summed E-state index contributed by atoms with van der Waals surface area (Å²) in [5.74, 6) is 0.810. The number of guanidine groups is 1. The predicted molar refractivity (Wildman–Crippen MR) is 117 cm³/mol. The first-order valence-electron chi connectivity index (χ1n) is 9.72. The lowest BCUT2D eigenvalue weighted by molar-refractivity contribution is 0.0827. The molecule has 0 saturated heterocycles. The Morgan fingerprint density at radius 3 is 2.32 bits per heavy atom. The third-order valence-corrected chi connectivity index (χ3v) is 4.12. The number of nitrogens with one attached hydrogen (secondary N) is 3. The average molecular weight is 382 g/mol. The third kappa shape index (κ3) is 7.31. The fourth-order valence-corrected chi connectivity index (χ4v) is 2.61. The van der Waals surface area contributed by atoms with Crippen molar-refractivity contribution in [1.82, 2.24) is 15.5 Å². The number of anilines is 1. The molecule has 6 nitrogen and oxygen atoms in total. The molecule has 0 heterocycles. The monoisotopic (exact) mass is 381 g/mol. The van der Waals surface area contributed by atoms with E-state index in [0.717, 1.165) is 43.3 Å². The second kappa shape index (κ2) is 11.6. The van der Waals surface area contributed by atoms with Gasteiger partial charge in [-0.15, -0.1) is 0 Å². The van der Waals surface area contributed by atoms with E-state index in [0.29, 0.717) is 12.1 Å². The van der Waals surface area contributed by atoms with Crippen LogP contribution in [0, 0.1) is 0 Å². The van der Waals surface area contributed by atoms with Crippen LogP contribution in [0.1, 0.15) is 29.3 Å². The van der Waals surface area contributed by atoms with Crippen LogP contribution in [0.15, 0.2) is 59.6 Å². The van der Waals surface area contributed by atoms with Crippen LogP contribution in [-0.2, 0) is 6.54 Å². The summed E-state index contributed by atoms with van der Waals surface area (Å²) in [6.45, 7) is 5.16. The van der Waals surface area contributed by atoms with E-state index in [9.17, 15) is 4.79 Å². The average Bonchev–Trinajstić information content (AvgIpc) is 2.72. The number of nitrogens with zero attached hydrogens (tertiary/aromatic N) is 2. The lowest BCUT2D eigenvalue weighted by atomic mass is 10.1. The SMILES string of the molecule is CCNC(=NCc1ccc(C(=O)N(C)C)cc1)NCCCNc1ccccc1. The van der Waals surface area contributed by atoms with Gasteiger partial charge in [-0.2, -0.15) is 0 Å². The minimum atomic E-state index is 0.00849. The summed E-state index contributed by atoms with van der Waals surface area (Å²) in [4.78, 5) is 18.1. The summed E-state index contributed by atoms with van der Waals surface area (Å²) in [6.07, 6.45) is 0.987. The van der Waals surface area contributed by atoms with Gasteiger partial charge in [-0.1, -0.05) is 30.3 Å². The molecule has 0 aromatic heterocycles. The minimum Gasteiger partial charge on any atom is -0.385 e. The van der Waals surface area contributed by atoms with Crippen LogP contribution >= 0.6 is 0 Å². The highest BCUT2D eigenvalue weighted by Gasteiger charge is 2.07. The maximum atomic E-state index is 11.9. The Morgan fingerprint density at radius 2 is 1.68 bits per heavy atom. The van der Waals surface area contributed by atoms with Gasteiger partial charge in [-0.25, -0.2) is 4.99 Å². The minimum absolute atomic E-state index is 0.00849. The van der Waals surface area contributed by atoms with E-state index in [1.165, 1.54) is 0 Å². The molecule has 1 amide bonds. The molecule has 0 radical (unpaired) electrons. The van der Waals surface area contributed by atoms with E-state index >= 15 is 0 Å². The highest BCUT2D eigenvalue weighted by atomic mass is 16.2. The van der Waals surface area contributed by atoms with Crippen LogP contribution in [0.5, 0.6) is 0 Å². The summed E-state index contributed by atoms with van der Waals surface area (Å²) < 4.78 is 0. The second-order valence-corrected chi connectivity index (χ2v) is 6.66. The van der Waals surface area contributed by atoms with Crippen molar-refractivity contribution in [3.8, 4) is 0 Å². The fraction of sp³-hybridized carbons (Fsp3) is 0.364. The molecule has 0 spiro atoms. The molecule has 6 heteroatoms. The maximum absolute atomic E-state index is 11.9. The molecule has 0 bridgehead atoms. The van der Waals surface area contributed by atoms with Crippen molar-refractivity contribution in [2.45, 2.75) is 19.9 Å². The molecule has 0 aliphatic carbocycles. The number of hydrogen-bond acceptors (Lipinski definition) is 3. The number of para-hydroxylation sites is 1. The molecule has 0 aliphatic rings. The molecular formula is C22H31N5O. The van der Waals surface area contributed by atoms with Crippen molar-refractivity contribution >= 4 is 17.6 Å². The Balaban J connectivity index is 1.78. The van der Waals surface area contributed by atoms with Crippen LogP contribution in [0.3, 0.4) is 0 Å². The largest absolute Gasteiger partial charge is 0.385 e. The lowest BCUT2D eigenvalue weighted by Gasteiger charge is -2.12. The van der Waals surface area contributed by atoms with Crippen LogP contribution in [0.4, 0.5) is 5.69 Å². The number of carbonyl (C=O) groups is 1. The highest BCUT2D eigenvalue weighted by Crippen LogP contribution is 2.07. The number of amides is 1. The van der Waals surface area contributed by atoms with Crippen LogP contribution in [0.25, 0.3) is 0 Å². The summed E-state index contributed by atoms with van der Waals surface area (Å²) in [7, 11) is 3.51. The van der Waals surface area contributed by atoms with E-state index in [2.05, 4.69) is 40.0 Å². The second-order valence-electron chi connectivity index (χ2n) is 6.66. The third-order valence-electron chi connectivity index (χ3n) is 4.12. The molecule has 0 unspecified atom stereocenters. The first-order chi connectivity index (χ1) is 13.6. The van der Waals surface area contributed by atoms with Crippen molar-refractivity contribution in [2.24, 2.45) is 4.99 Å². The van der Waals surface area contributed by atoms with Crippen LogP contribution in [0.2, 0.25) is 0 Å². The van der Waals surface area contributed by atoms with Crippen molar-refractivity contribution in [2.75, 3.05) is 39.0 Å². The van der Waals surface area contributed by atoms with Crippen molar-refractivity contribution in [1.29, 1.82) is 0 Å². The van der Waals surface area contributed by atoms with Gasteiger partial charge in [-0.3, -0.25) is 4.79 Å². The Hall–Kier alpha value is -3.02. The van der Waals surface area contributed by atoms with Gasteiger partial charge >= 0.3 is 0 Å². The smallest absolute Gasteiger partial charge is 0.253 e. The van der Waals surface area contributed by atoms with Gasteiger partial charge in [0.05, 0.1) is 6.54 Å². The van der Waals surface area contributed by atoms with Gasteiger partial charge in [0.1, 0.15) is 0 Å². The standard InChI is InChI=1S/C22H31N5O/c1-4-23-22(25-16-8-15-24-20-9-6-5-7-10-20)26-17-18-11-13-19(14-12-18)21(28)27(2)3/h5-7,9-14,24H,4,8,15-17H2,1-3H3,(H2,23,25,26). The molecule has 2 rings (SSSR count). The number of hydrogen-bond donors (Lipinski definition) is 3. The summed E-state index contributed by atoms with van der Waals surface area (Å²) in [5.41, 5.74) is 2.89. The number of carbonyl (C=O) groups excluding carboxylic acids is 1. The molecule has 0 aliphatic heterocycles. The van der Waals surface area contributed by atoms with Gasteiger partial charge in [-0.05, 0) is 43.2 Å². The maximum Gasteiger partial charge on any atom is 0.253 e. The first kappa shape index (κ1) is 21.3. The number of aliphatic imine (C=N–C) groups is 1. The summed E-state index contributed by atoms with van der Waals surface area (Å²) in [5, 5.41) is 10.0. The van der Waals surface area contributed by atoms with E-state index < -0.39 is 0 Å². The quantitative estimate of drug-likeness (QED) is 0.355. The predicted octanol–water partition coefficient (Wildman–Crippen LogP) is 2.95. The van der Waals surface area contributed by atoms with E-state index in [4.69, 9.17) is 0 Å². The summed E-state index contributed by atoms with van der Waals surface area (Å²) >= 11 is 0. The van der Waals surface area contributed by atoms with Gasteiger partial charge in [0.15, 0.2) is 5.96 Å². The zero-order valence-corrected chi connectivity index (χ0v) is 17.0. The molecule has 2 aromatic carbocycles. The number of rotatable bonds is 9. The zero-order valence-electron chi connectivity index (χ0n) is 17.0. The highest BCUT2D eigenvalue weighted by molar-refractivity contribution is 5.93. The Morgan fingerprint density at radius 1 is 0.964 bits per heavy atom. The fourth-order valence-electron chi connectivity index (χ4n) is 2.61. The lowest BCUT2D eigenvalue weighted by Crippen LogP contribution is -2.38. The Kier molecular flexibility index (Phi) is 8.85. The topological polar surface area (TPSA) is 68.8 Å². The van der Waals surface area contributed by atoms with Crippen molar-refractivity contribution in [3.05, 3.63) is 65.7 Å². The van der Waals surface area contributed by atoms with Gasteiger partial charge in [0.2, 0.25) is 0 Å². The van der Waals surface area contributed by atoms with Crippen molar-refractivity contribution < 1.29 is 4.79 Å². The molecule has 0 saturated carbocycles. The van der Waals surface area contributed by atoms with Crippen molar-refractivity contribution in [3.63, 3.8) is 0 Å². The molecule has 0 fully saturated rings. The molecule has 28 heavy (non-hydrogen) atoms. The van der Waals surface area contributed by atoms with E-state index in [1.807, 2.05) is 42.5 Å². The van der Waals surface area contributed by atoms with Gasteiger partial charge in [0, 0.05) is 45.0 Å². The van der Waals surface area contributed by atoms with Gasteiger partial charge in [0.25, 0.3) is 5.91 Å². The van der Waals surface area contributed by atoms with Gasteiger partial charge < -0.3 is 20.9 Å². The zero-order chi connectivity index (χ0) is 20.2. The Labute approximate surface area is 168 Å². The summed E-state index contributed by atoms with van der Waals surface area (Å²) in [6, 6.07) is 17.8.